The predicted molar refractivity (Wildman–Crippen MR) is 109 cm³/mol. The third kappa shape index (κ3) is 3.35. The van der Waals surface area contributed by atoms with Crippen molar-refractivity contribution in [2.75, 3.05) is 7.11 Å². The molecule has 0 bridgehead atoms. The Kier molecular flexibility index (Phi) is 4.90. The molecular formula is C23H14F2N2O3. The summed E-state index contributed by atoms with van der Waals surface area (Å²) < 4.78 is 35.1. The van der Waals surface area contributed by atoms with Crippen LogP contribution < -0.4 is 16.0 Å². The highest BCUT2D eigenvalue weighted by molar-refractivity contribution is 5.83. The molecule has 0 unspecified atom stereocenters. The number of aromatic amines is 1. The number of H-pyrrole nitrogens is 1. The molecule has 0 amide bonds. The van der Waals surface area contributed by atoms with Crippen LogP contribution in [0.25, 0.3) is 16.6 Å². The molecule has 0 aliphatic carbocycles. The van der Waals surface area contributed by atoms with Gasteiger partial charge in [0.05, 0.1) is 18.0 Å². The van der Waals surface area contributed by atoms with Crippen LogP contribution >= 0.6 is 0 Å². The molecule has 0 radical (unpaired) electrons. The number of fused-ring (bicyclic) bond motifs is 1. The van der Waals surface area contributed by atoms with Crippen LogP contribution in [0.15, 0.2) is 70.3 Å². The quantitative estimate of drug-likeness (QED) is 0.521. The summed E-state index contributed by atoms with van der Waals surface area (Å²) >= 11 is 0. The van der Waals surface area contributed by atoms with Gasteiger partial charge in [0.1, 0.15) is 11.4 Å². The summed E-state index contributed by atoms with van der Waals surface area (Å²) in [5, 5.41) is 0.0562. The van der Waals surface area contributed by atoms with Crippen molar-refractivity contribution in [1.29, 1.82) is 0 Å². The van der Waals surface area contributed by atoms with Gasteiger partial charge >= 0.3 is 5.69 Å². The van der Waals surface area contributed by atoms with Gasteiger partial charge in [-0.2, -0.15) is 0 Å². The summed E-state index contributed by atoms with van der Waals surface area (Å²) in [4.78, 5) is 27.8. The number of para-hydroxylation sites is 1. The van der Waals surface area contributed by atoms with E-state index in [4.69, 9.17) is 4.74 Å². The number of rotatable bonds is 2. The zero-order valence-corrected chi connectivity index (χ0v) is 15.7. The van der Waals surface area contributed by atoms with Crippen molar-refractivity contribution >= 4 is 10.9 Å². The summed E-state index contributed by atoms with van der Waals surface area (Å²) in [6, 6.07) is 15.4. The second kappa shape index (κ2) is 7.68. The molecule has 148 valence electrons. The minimum Gasteiger partial charge on any atom is -0.495 e. The van der Waals surface area contributed by atoms with Gasteiger partial charge in [-0.15, -0.1) is 0 Å². The van der Waals surface area contributed by atoms with Gasteiger partial charge in [-0.05, 0) is 36.4 Å². The van der Waals surface area contributed by atoms with Gasteiger partial charge in [0.2, 0.25) is 0 Å². The number of nitrogens with zero attached hydrogens (tertiary/aromatic N) is 1. The van der Waals surface area contributed by atoms with Crippen molar-refractivity contribution in [2.24, 2.45) is 0 Å². The fraction of sp³-hybridized carbons (Fsp3) is 0.0435. The van der Waals surface area contributed by atoms with Gasteiger partial charge in [0.25, 0.3) is 5.56 Å². The van der Waals surface area contributed by atoms with E-state index < -0.39 is 28.6 Å². The van der Waals surface area contributed by atoms with Crippen LogP contribution in [0.1, 0.15) is 11.1 Å². The van der Waals surface area contributed by atoms with Gasteiger partial charge in [-0.25, -0.2) is 18.1 Å². The summed E-state index contributed by atoms with van der Waals surface area (Å²) in [6.45, 7) is 0. The second-order valence-corrected chi connectivity index (χ2v) is 6.36. The number of halogens is 2. The molecule has 30 heavy (non-hydrogen) atoms. The van der Waals surface area contributed by atoms with Crippen molar-refractivity contribution < 1.29 is 13.5 Å². The van der Waals surface area contributed by atoms with Crippen LogP contribution in [0.5, 0.6) is 5.75 Å². The number of methoxy groups -OCH3 is 1. The highest BCUT2D eigenvalue weighted by atomic mass is 19.1. The van der Waals surface area contributed by atoms with E-state index in [0.717, 1.165) is 12.1 Å². The summed E-state index contributed by atoms with van der Waals surface area (Å²) in [7, 11) is 1.38. The molecule has 0 aliphatic rings. The van der Waals surface area contributed by atoms with Crippen molar-refractivity contribution in [2.45, 2.75) is 0 Å². The minimum atomic E-state index is -1.08. The third-order valence-corrected chi connectivity index (χ3v) is 4.48. The van der Waals surface area contributed by atoms with Crippen molar-refractivity contribution in [3.63, 3.8) is 0 Å². The van der Waals surface area contributed by atoms with E-state index >= 15 is 0 Å². The lowest BCUT2D eigenvalue weighted by Crippen LogP contribution is -2.35. The fourth-order valence-electron chi connectivity index (χ4n) is 3.10. The molecule has 3 aromatic carbocycles. The Bertz CT molecular complexity index is 1420. The van der Waals surface area contributed by atoms with Gasteiger partial charge < -0.3 is 9.72 Å². The van der Waals surface area contributed by atoms with Gasteiger partial charge in [0.15, 0.2) is 11.6 Å². The Hall–Kier alpha value is -4.18. The summed E-state index contributed by atoms with van der Waals surface area (Å²) in [5.74, 6) is 3.58. The average Bonchev–Trinajstić information content (AvgIpc) is 2.74. The number of ether oxygens (including phenoxy) is 1. The summed E-state index contributed by atoms with van der Waals surface area (Å²) in [5.41, 5.74) is -1.72. The number of nitrogens with one attached hydrogen (secondary N) is 1. The molecule has 0 aliphatic heterocycles. The first-order valence-electron chi connectivity index (χ1n) is 8.88. The smallest absolute Gasteiger partial charge is 0.333 e. The fourth-order valence-corrected chi connectivity index (χ4v) is 3.10. The molecule has 0 saturated heterocycles. The Balaban J connectivity index is 1.88. The maximum Gasteiger partial charge on any atom is 0.333 e. The van der Waals surface area contributed by atoms with E-state index in [1.54, 1.807) is 36.4 Å². The van der Waals surface area contributed by atoms with Crippen molar-refractivity contribution in [3.8, 4) is 23.3 Å². The molecule has 0 spiro atoms. The van der Waals surface area contributed by atoms with E-state index in [2.05, 4.69) is 16.8 Å². The van der Waals surface area contributed by atoms with Crippen LogP contribution in [0.2, 0.25) is 0 Å². The van der Waals surface area contributed by atoms with Crippen LogP contribution in [-0.2, 0) is 0 Å². The van der Waals surface area contributed by atoms with E-state index in [1.807, 2.05) is 6.07 Å². The monoisotopic (exact) mass is 404 g/mol. The van der Waals surface area contributed by atoms with E-state index in [-0.39, 0.29) is 22.2 Å². The molecular weight excluding hydrogens is 390 g/mol. The van der Waals surface area contributed by atoms with Crippen LogP contribution in [-0.4, -0.2) is 16.7 Å². The zero-order chi connectivity index (χ0) is 21.3. The molecule has 0 fully saturated rings. The maximum atomic E-state index is 14.8. The standard InChI is InChI=1S/C23H14F2N2O3/c1-30-19-9-5-8-16-20(19)26-23(29)27(22(16)28)21-17(24)12-15(13-18(21)25)11-10-14-6-3-2-4-7-14/h2-9,12-13H,1H3,(H,26,29). The largest absolute Gasteiger partial charge is 0.495 e. The van der Waals surface area contributed by atoms with E-state index in [9.17, 15) is 18.4 Å². The van der Waals surface area contributed by atoms with E-state index in [0.29, 0.717) is 10.1 Å². The number of aromatic nitrogens is 2. The SMILES string of the molecule is COc1cccc2c(=O)n(-c3c(F)cc(C#Cc4ccccc4)cc3F)c(=O)[nH]c12. The first kappa shape index (κ1) is 19.2. The highest BCUT2D eigenvalue weighted by Crippen LogP contribution is 2.21. The molecule has 7 heteroatoms. The lowest BCUT2D eigenvalue weighted by molar-refractivity contribution is 0.418. The van der Waals surface area contributed by atoms with Gasteiger partial charge in [-0.1, -0.05) is 36.1 Å². The topological polar surface area (TPSA) is 64.1 Å². The van der Waals surface area contributed by atoms with Crippen LogP contribution in [0, 0.1) is 23.5 Å². The normalized spacial score (nSPS) is 10.5. The van der Waals surface area contributed by atoms with Crippen LogP contribution in [0.3, 0.4) is 0 Å². The highest BCUT2D eigenvalue weighted by Gasteiger charge is 2.19. The van der Waals surface area contributed by atoms with Gasteiger partial charge in [-0.3, -0.25) is 4.79 Å². The maximum absolute atomic E-state index is 14.8. The zero-order valence-electron chi connectivity index (χ0n) is 15.7. The van der Waals surface area contributed by atoms with Crippen molar-refractivity contribution in [3.05, 3.63) is 104 Å². The average molecular weight is 404 g/mol. The Morgan fingerprint density at radius 3 is 2.23 bits per heavy atom. The Labute approximate surface area is 169 Å². The first-order valence-corrected chi connectivity index (χ1v) is 8.88. The third-order valence-electron chi connectivity index (χ3n) is 4.48. The molecule has 0 saturated carbocycles. The summed E-state index contributed by atoms with van der Waals surface area (Å²) in [6.07, 6.45) is 0. The molecule has 4 aromatic rings. The van der Waals surface area contributed by atoms with E-state index in [1.165, 1.54) is 13.2 Å². The predicted octanol–water partition coefficient (Wildman–Crippen LogP) is 3.37. The Morgan fingerprint density at radius 1 is 0.900 bits per heavy atom. The number of benzene rings is 3. The molecule has 5 nitrogen and oxygen atoms in total. The minimum absolute atomic E-state index is 0.0562. The first-order chi connectivity index (χ1) is 14.5. The number of hydrogen-bond donors (Lipinski definition) is 1. The van der Waals surface area contributed by atoms with Crippen molar-refractivity contribution in [1.82, 2.24) is 9.55 Å². The lowest BCUT2D eigenvalue weighted by Gasteiger charge is -2.10. The molecule has 1 N–H and O–H groups in total. The lowest BCUT2D eigenvalue weighted by atomic mass is 10.1. The number of hydrogen-bond acceptors (Lipinski definition) is 3. The molecule has 0 atom stereocenters. The molecule has 4 rings (SSSR count). The molecule has 1 heterocycles. The molecule has 1 aromatic heterocycles. The Morgan fingerprint density at radius 2 is 1.57 bits per heavy atom. The van der Waals surface area contributed by atoms with Crippen LogP contribution in [0.4, 0.5) is 8.78 Å². The van der Waals surface area contributed by atoms with Gasteiger partial charge in [0, 0.05) is 11.1 Å². The second-order valence-electron chi connectivity index (χ2n) is 6.36.